The van der Waals surface area contributed by atoms with Crippen molar-refractivity contribution >= 4 is 44.7 Å². The average Bonchev–Trinajstić information content (AvgIpc) is 3.47. The van der Waals surface area contributed by atoms with Crippen LogP contribution < -0.4 is 14.5 Å². The highest BCUT2D eigenvalue weighted by molar-refractivity contribution is 7.17. The molecule has 212 valence electrons. The van der Waals surface area contributed by atoms with Gasteiger partial charge in [-0.2, -0.15) is 0 Å². The Hall–Kier alpha value is -3.14. The van der Waals surface area contributed by atoms with E-state index in [0.717, 1.165) is 70.0 Å². The Bertz CT molecular complexity index is 1340. The molecule has 2 fully saturated rings. The van der Waals surface area contributed by atoms with Crippen molar-refractivity contribution in [3.05, 3.63) is 53.4 Å². The number of carbonyl (C=O) groups excluding carboxylic acids is 2. The first-order chi connectivity index (χ1) is 19.6. The molecule has 2 saturated heterocycles. The lowest BCUT2D eigenvalue weighted by Gasteiger charge is -2.37. The van der Waals surface area contributed by atoms with Crippen molar-refractivity contribution in [2.24, 2.45) is 0 Å². The molecular formula is C31H39N5O3S. The molecule has 0 aliphatic carbocycles. The summed E-state index contributed by atoms with van der Waals surface area (Å²) in [4.78, 5) is 36.6. The minimum atomic E-state index is -0.205. The monoisotopic (exact) mass is 561 g/mol. The van der Waals surface area contributed by atoms with E-state index < -0.39 is 0 Å². The van der Waals surface area contributed by atoms with Gasteiger partial charge in [0, 0.05) is 80.6 Å². The number of imide groups is 1. The van der Waals surface area contributed by atoms with Gasteiger partial charge in [-0.15, -0.1) is 11.3 Å². The van der Waals surface area contributed by atoms with Crippen LogP contribution in [0.25, 0.3) is 10.1 Å². The molecule has 3 aliphatic rings. The third-order valence-electron chi connectivity index (χ3n) is 8.44. The van der Waals surface area contributed by atoms with E-state index in [0.29, 0.717) is 38.2 Å². The van der Waals surface area contributed by atoms with Crippen LogP contribution >= 0.6 is 11.3 Å². The molecule has 1 aromatic heterocycles. The van der Waals surface area contributed by atoms with Crippen LogP contribution in [0.2, 0.25) is 0 Å². The number of hydrogen-bond acceptors (Lipinski definition) is 7. The van der Waals surface area contributed by atoms with Gasteiger partial charge in [-0.1, -0.05) is 12.1 Å². The first kappa shape index (κ1) is 27.1. The van der Waals surface area contributed by atoms with Crippen LogP contribution in [0.1, 0.15) is 24.8 Å². The van der Waals surface area contributed by atoms with Crippen LogP contribution in [0.4, 0.5) is 16.2 Å². The maximum atomic E-state index is 13.3. The molecular weight excluding hydrogens is 522 g/mol. The molecule has 6 rings (SSSR count). The van der Waals surface area contributed by atoms with Gasteiger partial charge in [0.25, 0.3) is 0 Å². The van der Waals surface area contributed by atoms with Crippen LogP contribution in [0.15, 0.2) is 47.8 Å². The van der Waals surface area contributed by atoms with Crippen LogP contribution in [0, 0.1) is 0 Å². The van der Waals surface area contributed by atoms with Gasteiger partial charge in [-0.3, -0.25) is 9.69 Å². The van der Waals surface area contributed by atoms with Crippen LogP contribution in [0.3, 0.4) is 0 Å². The maximum absolute atomic E-state index is 13.3. The minimum Gasteiger partial charge on any atom is -0.494 e. The first-order valence-electron chi connectivity index (χ1n) is 14.6. The number of unbranched alkanes of at least 4 members (excludes halogenated alkanes) is 1. The molecule has 0 radical (unpaired) electrons. The number of nitrogens with zero attached hydrogens (tertiary/aromatic N) is 5. The van der Waals surface area contributed by atoms with Gasteiger partial charge < -0.3 is 19.4 Å². The number of hydrogen-bond donors (Lipinski definition) is 0. The third kappa shape index (κ3) is 5.82. The van der Waals surface area contributed by atoms with Gasteiger partial charge in [0.05, 0.1) is 12.3 Å². The number of thiophene rings is 1. The lowest BCUT2D eigenvalue weighted by molar-refractivity contribution is -0.118. The maximum Gasteiger partial charge on any atom is 0.331 e. The molecule has 3 aliphatic heterocycles. The summed E-state index contributed by atoms with van der Waals surface area (Å²) in [6.45, 7) is 8.91. The number of anilines is 2. The van der Waals surface area contributed by atoms with Crippen LogP contribution in [-0.4, -0.2) is 99.2 Å². The summed E-state index contributed by atoms with van der Waals surface area (Å²) < 4.78 is 7.46. The number of ether oxygens (including phenoxy) is 1. The summed E-state index contributed by atoms with van der Waals surface area (Å²) in [7, 11) is 2.06. The van der Waals surface area contributed by atoms with E-state index in [2.05, 4.69) is 51.4 Å². The highest BCUT2D eigenvalue weighted by Crippen LogP contribution is 2.33. The summed E-state index contributed by atoms with van der Waals surface area (Å²) in [5.74, 6) is 0.599. The molecule has 0 bridgehead atoms. The third-order valence-corrected chi connectivity index (χ3v) is 9.33. The quantitative estimate of drug-likeness (QED) is 0.395. The van der Waals surface area contributed by atoms with Crippen molar-refractivity contribution in [1.82, 2.24) is 14.7 Å². The summed E-state index contributed by atoms with van der Waals surface area (Å²) in [6.07, 6.45) is 3.08. The number of rotatable bonds is 7. The molecule has 9 heteroatoms. The Morgan fingerprint density at radius 2 is 1.73 bits per heavy atom. The Morgan fingerprint density at radius 1 is 0.900 bits per heavy atom. The van der Waals surface area contributed by atoms with Crippen molar-refractivity contribution in [3.63, 3.8) is 0 Å². The lowest BCUT2D eigenvalue weighted by Crippen LogP contribution is -2.54. The number of piperazine rings is 2. The second kappa shape index (κ2) is 12.2. The van der Waals surface area contributed by atoms with E-state index in [-0.39, 0.29) is 11.9 Å². The SMILES string of the molecule is CN1CCN(C(=O)N2C(=O)CCc3ccc(OCCCCN4CCN(c5cccc6sccc56)CC4)cc32)CC1. The molecule has 0 unspecified atom stereocenters. The number of likely N-dealkylation sites (N-methyl/N-ethyl adjacent to an activating group) is 1. The van der Waals surface area contributed by atoms with Crippen LogP contribution in [0.5, 0.6) is 5.75 Å². The zero-order valence-corrected chi connectivity index (χ0v) is 24.2. The molecule has 3 amide bonds. The number of fused-ring (bicyclic) bond motifs is 2. The zero-order chi connectivity index (χ0) is 27.5. The van der Waals surface area contributed by atoms with Crippen molar-refractivity contribution in [3.8, 4) is 5.75 Å². The van der Waals surface area contributed by atoms with Crippen molar-refractivity contribution in [2.45, 2.75) is 25.7 Å². The fourth-order valence-electron chi connectivity index (χ4n) is 5.98. The number of amides is 3. The molecule has 0 atom stereocenters. The number of aryl methyl sites for hydroxylation is 1. The molecule has 40 heavy (non-hydrogen) atoms. The van der Waals surface area contributed by atoms with E-state index in [1.54, 1.807) is 4.90 Å². The summed E-state index contributed by atoms with van der Waals surface area (Å²) in [5.41, 5.74) is 3.08. The summed E-state index contributed by atoms with van der Waals surface area (Å²) >= 11 is 1.81. The highest BCUT2D eigenvalue weighted by Gasteiger charge is 2.34. The molecule has 4 heterocycles. The Balaban J connectivity index is 0.972. The normalized spacial score (nSPS) is 18.8. The smallest absolute Gasteiger partial charge is 0.331 e. The fraction of sp³-hybridized carbons (Fsp3) is 0.484. The van der Waals surface area contributed by atoms with Gasteiger partial charge in [0.15, 0.2) is 0 Å². The standard InChI is InChI=1S/C31H39N5O3S/c1-32-13-17-35(18-14-32)31(38)36-28-23-25(9-7-24(28)8-10-30(36)37)39-21-3-2-12-33-15-19-34(20-16-33)27-5-4-6-29-26(27)11-22-40-29/h4-7,9,11,22-23H,2-3,8,10,12-21H2,1H3. The predicted molar refractivity (Wildman–Crippen MR) is 162 cm³/mol. The second-order valence-corrected chi connectivity index (χ2v) is 12.0. The Labute approximate surface area is 240 Å². The van der Waals surface area contributed by atoms with Gasteiger partial charge in [0.2, 0.25) is 5.91 Å². The van der Waals surface area contributed by atoms with Gasteiger partial charge >= 0.3 is 6.03 Å². The highest BCUT2D eigenvalue weighted by atomic mass is 32.1. The molecule has 3 aromatic rings. The molecule has 0 spiro atoms. The largest absolute Gasteiger partial charge is 0.494 e. The van der Waals surface area contributed by atoms with Crippen molar-refractivity contribution in [1.29, 1.82) is 0 Å². The molecule has 0 saturated carbocycles. The van der Waals surface area contributed by atoms with E-state index in [1.807, 2.05) is 29.5 Å². The van der Waals surface area contributed by atoms with E-state index in [4.69, 9.17) is 4.74 Å². The fourth-order valence-corrected chi connectivity index (χ4v) is 6.79. The van der Waals surface area contributed by atoms with Crippen molar-refractivity contribution in [2.75, 3.05) is 82.4 Å². The van der Waals surface area contributed by atoms with E-state index in [1.165, 1.54) is 20.7 Å². The van der Waals surface area contributed by atoms with E-state index >= 15 is 0 Å². The Kier molecular flexibility index (Phi) is 8.22. The average molecular weight is 562 g/mol. The number of carbonyl (C=O) groups is 2. The van der Waals surface area contributed by atoms with Crippen LogP contribution in [-0.2, 0) is 11.2 Å². The first-order valence-corrected chi connectivity index (χ1v) is 15.4. The zero-order valence-electron chi connectivity index (χ0n) is 23.4. The molecule has 8 nitrogen and oxygen atoms in total. The molecule has 0 N–H and O–H groups in total. The lowest BCUT2D eigenvalue weighted by atomic mass is 10.0. The minimum absolute atomic E-state index is 0.124. The number of benzene rings is 2. The van der Waals surface area contributed by atoms with Gasteiger partial charge in [-0.25, -0.2) is 9.69 Å². The van der Waals surface area contributed by atoms with Gasteiger partial charge in [-0.05, 0) is 68.1 Å². The number of urea groups is 1. The Morgan fingerprint density at radius 3 is 2.55 bits per heavy atom. The van der Waals surface area contributed by atoms with E-state index in [9.17, 15) is 9.59 Å². The second-order valence-electron chi connectivity index (χ2n) is 11.1. The topological polar surface area (TPSA) is 59.6 Å². The predicted octanol–water partition coefficient (Wildman–Crippen LogP) is 4.53. The summed E-state index contributed by atoms with van der Waals surface area (Å²) in [6, 6.07) is 14.5. The molecule has 2 aromatic carbocycles. The van der Waals surface area contributed by atoms with Crippen molar-refractivity contribution < 1.29 is 14.3 Å². The summed E-state index contributed by atoms with van der Waals surface area (Å²) in [5, 5.41) is 3.55. The van der Waals surface area contributed by atoms with Gasteiger partial charge in [0.1, 0.15) is 5.75 Å².